The Labute approximate surface area is 132 Å². The molecular weight excluding hydrogens is 342 g/mol. The predicted molar refractivity (Wildman–Crippen MR) is 84.2 cm³/mol. The third-order valence-corrected chi connectivity index (χ3v) is 4.41. The Hall–Kier alpha value is -1.04. The number of aryl methyl sites for hydroxylation is 2. The van der Waals surface area contributed by atoms with E-state index in [1.165, 1.54) is 0 Å². The molecule has 2 aromatic rings. The second-order valence-corrected chi connectivity index (χ2v) is 5.73. The van der Waals surface area contributed by atoms with Crippen LogP contribution in [0.2, 0.25) is 5.02 Å². The maximum Gasteiger partial charge on any atom is 0.141 e. The van der Waals surface area contributed by atoms with Gasteiger partial charge in [-0.25, -0.2) is 0 Å². The molecule has 0 saturated carbocycles. The van der Waals surface area contributed by atoms with Gasteiger partial charge in [0.25, 0.3) is 0 Å². The van der Waals surface area contributed by atoms with Gasteiger partial charge < -0.3 is 10.5 Å². The molecule has 0 unspecified atom stereocenters. The number of benzene rings is 1. The van der Waals surface area contributed by atoms with E-state index in [2.05, 4.69) is 21.0 Å². The second kappa shape index (κ2) is 6.61. The first-order chi connectivity index (χ1) is 9.54. The van der Waals surface area contributed by atoms with Crippen molar-refractivity contribution in [2.45, 2.75) is 20.0 Å². The van der Waals surface area contributed by atoms with Crippen LogP contribution in [0.5, 0.6) is 5.75 Å². The monoisotopic (exact) mass is 357 g/mol. The van der Waals surface area contributed by atoms with E-state index in [4.69, 9.17) is 22.1 Å². The highest BCUT2D eigenvalue weighted by Crippen LogP contribution is 2.30. The zero-order valence-corrected chi connectivity index (χ0v) is 13.8. The molecule has 0 amide bonds. The molecule has 0 aliphatic carbocycles. The number of para-hydroxylation sites is 1. The van der Waals surface area contributed by atoms with Crippen molar-refractivity contribution in [1.29, 1.82) is 0 Å². The number of halogens is 2. The van der Waals surface area contributed by atoms with E-state index in [1.54, 1.807) is 4.68 Å². The summed E-state index contributed by atoms with van der Waals surface area (Å²) in [7, 11) is 1.89. The smallest absolute Gasteiger partial charge is 0.141 e. The van der Waals surface area contributed by atoms with Crippen molar-refractivity contribution >= 4 is 27.5 Å². The van der Waals surface area contributed by atoms with Gasteiger partial charge in [0.1, 0.15) is 12.4 Å². The zero-order valence-electron chi connectivity index (χ0n) is 11.5. The van der Waals surface area contributed by atoms with Gasteiger partial charge in [0.05, 0.1) is 20.9 Å². The normalized spacial score (nSPS) is 10.8. The first-order valence-corrected chi connectivity index (χ1v) is 7.50. The van der Waals surface area contributed by atoms with Crippen LogP contribution in [0.1, 0.15) is 17.0 Å². The summed E-state index contributed by atoms with van der Waals surface area (Å²) in [5.74, 6) is 0.699. The maximum atomic E-state index is 6.22. The first kappa shape index (κ1) is 15.4. The minimum Gasteiger partial charge on any atom is -0.485 e. The van der Waals surface area contributed by atoms with E-state index in [1.807, 2.05) is 32.2 Å². The minimum absolute atomic E-state index is 0.402. The molecule has 6 heteroatoms. The van der Waals surface area contributed by atoms with Gasteiger partial charge in [-0.15, -0.1) is 0 Å². The lowest BCUT2D eigenvalue weighted by molar-refractivity contribution is 0.291. The second-order valence-electron chi connectivity index (χ2n) is 4.53. The van der Waals surface area contributed by atoms with Gasteiger partial charge in [-0.1, -0.05) is 23.7 Å². The topological polar surface area (TPSA) is 53.1 Å². The number of nitrogens with zero attached hydrogens (tertiary/aromatic N) is 2. The van der Waals surface area contributed by atoms with Crippen LogP contribution in [-0.4, -0.2) is 16.3 Å². The minimum atomic E-state index is 0.402. The number of rotatable bonds is 5. The fourth-order valence-electron chi connectivity index (χ4n) is 2.04. The summed E-state index contributed by atoms with van der Waals surface area (Å²) in [6, 6.07) is 5.71. The molecule has 2 N–H and O–H groups in total. The van der Waals surface area contributed by atoms with Crippen LogP contribution < -0.4 is 10.5 Å². The summed E-state index contributed by atoms with van der Waals surface area (Å²) in [5.41, 5.74) is 8.55. The van der Waals surface area contributed by atoms with Gasteiger partial charge in [0.15, 0.2) is 0 Å². The van der Waals surface area contributed by atoms with Crippen LogP contribution in [-0.2, 0) is 20.1 Å². The number of ether oxygens (including phenoxy) is 1. The Bertz CT molecular complexity index is 613. The SMILES string of the molecule is Cc1nn(C)c(COc2c(Cl)cccc2CCN)c1Br. The molecule has 4 nitrogen and oxygen atoms in total. The summed E-state index contributed by atoms with van der Waals surface area (Å²) in [6.07, 6.45) is 0.738. The molecule has 0 bridgehead atoms. The first-order valence-electron chi connectivity index (χ1n) is 6.32. The Kier molecular flexibility index (Phi) is 5.07. The Morgan fingerprint density at radius 2 is 2.20 bits per heavy atom. The third-order valence-electron chi connectivity index (χ3n) is 3.08. The molecular formula is C14H17BrClN3O. The summed E-state index contributed by atoms with van der Waals surface area (Å²) in [6.45, 7) is 2.91. The van der Waals surface area contributed by atoms with Gasteiger partial charge in [0.2, 0.25) is 0 Å². The predicted octanol–water partition coefficient (Wildman–Crippen LogP) is 3.22. The summed E-state index contributed by atoms with van der Waals surface area (Å²) in [5, 5.41) is 4.94. The highest BCUT2D eigenvalue weighted by atomic mass is 79.9. The molecule has 1 aromatic heterocycles. The highest BCUT2D eigenvalue weighted by Gasteiger charge is 2.13. The molecule has 1 heterocycles. The number of hydrogen-bond donors (Lipinski definition) is 1. The van der Waals surface area contributed by atoms with E-state index in [0.717, 1.165) is 27.8 Å². The van der Waals surface area contributed by atoms with E-state index in [-0.39, 0.29) is 0 Å². The van der Waals surface area contributed by atoms with Crippen molar-refractivity contribution < 1.29 is 4.74 Å². The summed E-state index contributed by atoms with van der Waals surface area (Å²) < 4.78 is 8.67. The lowest BCUT2D eigenvalue weighted by atomic mass is 10.1. The maximum absolute atomic E-state index is 6.22. The molecule has 0 atom stereocenters. The molecule has 0 radical (unpaired) electrons. The molecule has 0 aliphatic heterocycles. The van der Waals surface area contributed by atoms with Crippen molar-refractivity contribution in [3.63, 3.8) is 0 Å². The molecule has 2 rings (SSSR count). The largest absolute Gasteiger partial charge is 0.485 e. The van der Waals surface area contributed by atoms with Gasteiger partial charge in [-0.05, 0) is 47.4 Å². The molecule has 0 saturated heterocycles. The van der Waals surface area contributed by atoms with Gasteiger partial charge in [-0.2, -0.15) is 5.10 Å². The molecule has 20 heavy (non-hydrogen) atoms. The quantitative estimate of drug-likeness (QED) is 0.893. The number of aromatic nitrogens is 2. The van der Waals surface area contributed by atoms with Crippen LogP contribution in [0.3, 0.4) is 0 Å². The molecule has 0 spiro atoms. The van der Waals surface area contributed by atoms with Crippen LogP contribution in [0.15, 0.2) is 22.7 Å². The van der Waals surface area contributed by atoms with Crippen molar-refractivity contribution in [2.75, 3.05) is 6.54 Å². The molecule has 0 aliphatic rings. The van der Waals surface area contributed by atoms with Crippen molar-refractivity contribution in [3.05, 3.63) is 44.6 Å². The average Bonchev–Trinajstić information content (AvgIpc) is 2.64. The standard InChI is InChI=1S/C14H17BrClN3O/c1-9-13(15)12(19(2)18-9)8-20-14-10(6-7-17)4-3-5-11(14)16/h3-5H,6-8,17H2,1-2H3. The average molecular weight is 359 g/mol. The van der Waals surface area contributed by atoms with E-state index >= 15 is 0 Å². The molecule has 108 valence electrons. The van der Waals surface area contributed by atoms with E-state index in [9.17, 15) is 0 Å². The van der Waals surface area contributed by atoms with Gasteiger partial charge >= 0.3 is 0 Å². The Morgan fingerprint density at radius 1 is 1.45 bits per heavy atom. The van der Waals surface area contributed by atoms with Gasteiger partial charge in [0, 0.05) is 7.05 Å². The lowest BCUT2D eigenvalue weighted by Gasteiger charge is -2.13. The van der Waals surface area contributed by atoms with Crippen LogP contribution in [0, 0.1) is 6.92 Å². The number of nitrogens with two attached hydrogens (primary N) is 1. The fourth-order valence-corrected chi connectivity index (χ4v) is 2.74. The van der Waals surface area contributed by atoms with Crippen molar-refractivity contribution in [1.82, 2.24) is 9.78 Å². The highest BCUT2D eigenvalue weighted by molar-refractivity contribution is 9.10. The number of hydrogen-bond acceptors (Lipinski definition) is 3. The summed E-state index contributed by atoms with van der Waals surface area (Å²) in [4.78, 5) is 0. The van der Waals surface area contributed by atoms with E-state index in [0.29, 0.717) is 23.9 Å². The Balaban J connectivity index is 2.22. The lowest BCUT2D eigenvalue weighted by Crippen LogP contribution is -2.08. The Morgan fingerprint density at radius 3 is 2.80 bits per heavy atom. The van der Waals surface area contributed by atoms with Crippen LogP contribution in [0.25, 0.3) is 0 Å². The zero-order chi connectivity index (χ0) is 14.7. The van der Waals surface area contributed by atoms with Crippen molar-refractivity contribution in [3.8, 4) is 5.75 Å². The fraction of sp³-hybridized carbons (Fsp3) is 0.357. The van der Waals surface area contributed by atoms with Crippen LogP contribution in [0.4, 0.5) is 0 Å². The van der Waals surface area contributed by atoms with E-state index < -0.39 is 0 Å². The summed E-state index contributed by atoms with van der Waals surface area (Å²) >= 11 is 9.74. The third kappa shape index (κ3) is 3.16. The molecule has 0 fully saturated rings. The van der Waals surface area contributed by atoms with Gasteiger partial charge in [-0.3, -0.25) is 4.68 Å². The molecule has 1 aromatic carbocycles. The van der Waals surface area contributed by atoms with Crippen LogP contribution >= 0.6 is 27.5 Å². The van der Waals surface area contributed by atoms with Crippen molar-refractivity contribution in [2.24, 2.45) is 12.8 Å².